The molecule has 2 aliphatic heterocycles. The standard InChI is InChI=1S/C19H15Cl2N5O3/c1-10-5-6-14(13(21)7-10)22-15(27)9-25-17-16(23-24-25)18(28)26(19(17)29)12-4-2-3-11(20)8-12/h2-8,16-17H,9H2,1H3,(H,22,27). The highest BCUT2D eigenvalue weighted by atomic mass is 35.5. The van der Waals surface area contributed by atoms with Crippen molar-refractivity contribution in [1.29, 1.82) is 0 Å². The lowest BCUT2D eigenvalue weighted by atomic mass is 10.1. The van der Waals surface area contributed by atoms with Crippen LogP contribution in [-0.2, 0) is 14.4 Å². The predicted molar refractivity (Wildman–Crippen MR) is 108 cm³/mol. The average molecular weight is 432 g/mol. The maximum absolute atomic E-state index is 12.9. The number of hydrogen-bond acceptors (Lipinski definition) is 6. The summed E-state index contributed by atoms with van der Waals surface area (Å²) in [6, 6.07) is 9.68. The third-order valence-electron chi connectivity index (χ3n) is 4.63. The first kappa shape index (κ1) is 19.4. The minimum atomic E-state index is -0.989. The van der Waals surface area contributed by atoms with Crippen LogP contribution in [0.25, 0.3) is 0 Å². The summed E-state index contributed by atoms with van der Waals surface area (Å²) in [5.74, 6) is -1.44. The number of carbonyl (C=O) groups excluding carboxylic acids is 3. The molecule has 148 valence electrons. The van der Waals surface area contributed by atoms with Gasteiger partial charge in [0.2, 0.25) is 5.91 Å². The molecule has 10 heteroatoms. The van der Waals surface area contributed by atoms with Crippen LogP contribution in [-0.4, -0.2) is 41.4 Å². The second-order valence-electron chi connectivity index (χ2n) is 6.72. The molecular weight excluding hydrogens is 417 g/mol. The van der Waals surface area contributed by atoms with E-state index in [2.05, 4.69) is 15.7 Å². The first-order chi connectivity index (χ1) is 13.8. The largest absolute Gasteiger partial charge is 0.323 e. The monoisotopic (exact) mass is 431 g/mol. The Kier molecular flexibility index (Phi) is 4.97. The smallest absolute Gasteiger partial charge is 0.263 e. The molecule has 0 bridgehead atoms. The van der Waals surface area contributed by atoms with Gasteiger partial charge in [0.1, 0.15) is 6.54 Å². The van der Waals surface area contributed by atoms with Gasteiger partial charge in [-0.25, -0.2) is 4.90 Å². The van der Waals surface area contributed by atoms with E-state index in [1.807, 2.05) is 13.0 Å². The number of nitrogens with one attached hydrogen (secondary N) is 1. The van der Waals surface area contributed by atoms with Crippen molar-refractivity contribution >= 4 is 52.3 Å². The van der Waals surface area contributed by atoms with Gasteiger partial charge in [0.05, 0.1) is 16.4 Å². The van der Waals surface area contributed by atoms with Gasteiger partial charge in [-0.2, -0.15) is 5.11 Å². The number of carbonyl (C=O) groups is 3. The second-order valence-corrected chi connectivity index (χ2v) is 7.56. The van der Waals surface area contributed by atoms with E-state index in [1.54, 1.807) is 30.3 Å². The topological polar surface area (TPSA) is 94.4 Å². The highest BCUT2D eigenvalue weighted by Crippen LogP contribution is 2.32. The number of anilines is 2. The molecular formula is C19H15Cl2N5O3. The van der Waals surface area contributed by atoms with Crippen LogP contribution < -0.4 is 10.2 Å². The average Bonchev–Trinajstić information content (AvgIpc) is 3.17. The van der Waals surface area contributed by atoms with Crippen LogP contribution in [0.1, 0.15) is 5.56 Å². The van der Waals surface area contributed by atoms with Crippen LogP contribution in [0.3, 0.4) is 0 Å². The van der Waals surface area contributed by atoms with Crippen molar-refractivity contribution in [2.75, 3.05) is 16.8 Å². The molecule has 1 saturated heterocycles. The molecule has 1 N–H and O–H groups in total. The Balaban J connectivity index is 1.49. The Morgan fingerprint density at radius 1 is 1.14 bits per heavy atom. The van der Waals surface area contributed by atoms with Gasteiger partial charge in [-0.05, 0) is 42.8 Å². The second kappa shape index (κ2) is 7.46. The Bertz CT molecular complexity index is 1060. The van der Waals surface area contributed by atoms with Crippen molar-refractivity contribution in [3.8, 4) is 0 Å². The predicted octanol–water partition coefficient (Wildman–Crippen LogP) is 3.23. The van der Waals surface area contributed by atoms with Crippen molar-refractivity contribution in [2.24, 2.45) is 10.3 Å². The molecule has 3 amide bonds. The van der Waals surface area contributed by atoms with E-state index >= 15 is 0 Å². The number of hydrogen-bond donors (Lipinski definition) is 1. The van der Waals surface area contributed by atoms with Gasteiger partial charge < -0.3 is 5.32 Å². The molecule has 2 atom stereocenters. The van der Waals surface area contributed by atoms with E-state index in [0.717, 1.165) is 10.5 Å². The van der Waals surface area contributed by atoms with E-state index in [1.165, 1.54) is 11.1 Å². The summed E-state index contributed by atoms with van der Waals surface area (Å²) >= 11 is 12.1. The van der Waals surface area contributed by atoms with Crippen LogP contribution >= 0.6 is 23.2 Å². The molecule has 2 aromatic rings. The number of rotatable bonds is 4. The fourth-order valence-electron chi connectivity index (χ4n) is 3.28. The highest BCUT2D eigenvalue weighted by Gasteiger charge is 2.55. The number of amides is 3. The Labute approximate surface area is 176 Å². The summed E-state index contributed by atoms with van der Waals surface area (Å²) in [4.78, 5) is 39.0. The van der Waals surface area contributed by atoms with E-state index in [0.29, 0.717) is 21.4 Å². The molecule has 1 fully saturated rings. The number of fused-ring (bicyclic) bond motifs is 1. The molecule has 4 rings (SSSR count). The van der Waals surface area contributed by atoms with Crippen molar-refractivity contribution in [3.05, 3.63) is 58.1 Å². The van der Waals surface area contributed by atoms with Crippen molar-refractivity contribution in [2.45, 2.75) is 19.0 Å². The zero-order valence-electron chi connectivity index (χ0n) is 15.2. The Hall–Kier alpha value is -2.97. The number of halogens is 2. The van der Waals surface area contributed by atoms with Gasteiger partial charge in [-0.3, -0.25) is 19.4 Å². The molecule has 2 aromatic carbocycles. The zero-order chi connectivity index (χ0) is 20.7. The van der Waals surface area contributed by atoms with Crippen molar-refractivity contribution in [3.63, 3.8) is 0 Å². The molecule has 2 heterocycles. The third kappa shape index (κ3) is 3.56. The van der Waals surface area contributed by atoms with Crippen molar-refractivity contribution in [1.82, 2.24) is 5.01 Å². The van der Waals surface area contributed by atoms with Crippen LogP contribution in [0.2, 0.25) is 10.0 Å². The summed E-state index contributed by atoms with van der Waals surface area (Å²) in [6.07, 6.45) is 0. The van der Waals surface area contributed by atoms with Crippen LogP contribution in [0.5, 0.6) is 0 Å². The van der Waals surface area contributed by atoms with Crippen LogP contribution in [0.4, 0.5) is 11.4 Å². The Morgan fingerprint density at radius 2 is 1.93 bits per heavy atom. The maximum Gasteiger partial charge on any atom is 0.263 e. The summed E-state index contributed by atoms with van der Waals surface area (Å²) in [5, 5.41) is 12.4. The quantitative estimate of drug-likeness (QED) is 0.751. The SMILES string of the molecule is Cc1ccc(NC(=O)CN2N=NC3C(=O)N(c4cccc(Cl)c4)C(=O)C32)c(Cl)c1. The normalized spacial score (nSPS) is 20.4. The van der Waals surface area contributed by atoms with E-state index in [-0.39, 0.29) is 6.54 Å². The Morgan fingerprint density at radius 3 is 2.66 bits per heavy atom. The lowest BCUT2D eigenvalue weighted by Gasteiger charge is -2.20. The van der Waals surface area contributed by atoms with Gasteiger partial charge >= 0.3 is 0 Å². The number of nitrogens with zero attached hydrogens (tertiary/aromatic N) is 4. The molecule has 2 unspecified atom stereocenters. The lowest BCUT2D eigenvalue weighted by Crippen LogP contribution is -2.43. The fraction of sp³-hybridized carbons (Fsp3) is 0.211. The summed E-state index contributed by atoms with van der Waals surface area (Å²) < 4.78 is 0. The van der Waals surface area contributed by atoms with Gasteiger partial charge in [-0.1, -0.05) is 40.6 Å². The van der Waals surface area contributed by atoms with Gasteiger partial charge in [0, 0.05) is 5.02 Å². The summed E-state index contributed by atoms with van der Waals surface area (Å²) in [5.41, 5.74) is 1.76. The molecule has 0 saturated carbocycles. The molecule has 0 spiro atoms. The van der Waals surface area contributed by atoms with E-state index in [4.69, 9.17) is 23.2 Å². The zero-order valence-corrected chi connectivity index (χ0v) is 16.7. The minimum Gasteiger partial charge on any atom is -0.323 e. The van der Waals surface area contributed by atoms with Gasteiger partial charge in [0.15, 0.2) is 12.1 Å². The maximum atomic E-state index is 12.9. The molecule has 29 heavy (non-hydrogen) atoms. The van der Waals surface area contributed by atoms with Crippen molar-refractivity contribution < 1.29 is 14.4 Å². The molecule has 0 aliphatic carbocycles. The lowest BCUT2D eigenvalue weighted by molar-refractivity contribution is -0.123. The first-order valence-electron chi connectivity index (χ1n) is 8.72. The molecule has 0 radical (unpaired) electrons. The highest BCUT2D eigenvalue weighted by molar-refractivity contribution is 6.34. The molecule has 2 aliphatic rings. The van der Waals surface area contributed by atoms with Crippen LogP contribution in [0, 0.1) is 6.92 Å². The summed E-state index contributed by atoms with van der Waals surface area (Å²) in [6.45, 7) is 1.63. The number of benzene rings is 2. The first-order valence-corrected chi connectivity index (χ1v) is 9.47. The van der Waals surface area contributed by atoms with Gasteiger partial charge in [0.25, 0.3) is 11.8 Å². The number of imide groups is 1. The van der Waals surface area contributed by atoms with Crippen LogP contribution in [0.15, 0.2) is 52.8 Å². The number of aryl methyl sites for hydroxylation is 1. The molecule has 0 aromatic heterocycles. The fourth-order valence-corrected chi connectivity index (χ4v) is 3.75. The van der Waals surface area contributed by atoms with Gasteiger partial charge in [-0.15, -0.1) is 0 Å². The minimum absolute atomic E-state index is 0.253. The summed E-state index contributed by atoms with van der Waals surface area (Å²) in [7, 11) is 0. The van der Waals surface area contributed by atoms with E-state index < -0.39 is 29.8 Å². The van der Waals surface area contributed by atoms with E-state index in [9.17, 15) is 14.4 Å². The third-order valence-corrected chi connectivity index (χ3v) is 5.18. The molecule has 8 nitrogen and oxygen atoms in total.